The summed E-state index contributed by atoms with van der Waals surface area (Å²) in [7, 11) is -3.99. The fraction of sp³-hybridized carbons (Fsp3) is 0.429. The highest BCUT2D eigenvalue weighted by atomic mass is 32.2. The number of thiophene rings is 1. The van der Waals surface area contributed by atoms with Gasteiger partial charge in [-0.05, 0) is 66.8 Å². The Kier molecular flexibility index (Phi) is 5.64. The van der Waals surface area contributed by atoms with Crippen molar-refractivity contribution in [3.8, 4) is 6.07 Å². The highest BCUT2D eigenvalue weighted by Crippen LogP contribution is 2.41. The van der Waals surface area contributed by atoms with Gasteiger partial charge in [0.05, 0.1) is 17.0 Å². The van der Waals surface area contributed by atoms with Gasteiger partial charge in [-0.3, -0.25) is 9.52 Å². The van der Waals surface area contributed by atoms with E-state index in [-0.39, 0.29) is 0 Å². The molecule has 3 rings (SSSR count). The molecule has 1 fully saturated rings. The molecular weight excluding hydrogens is 392 g/mol. The topological polar surface area (TPSA) is 87.0 Å². The van der Waals surface area contributed by atoms with Gasteiger partial charge in [-0.2, -0.15) is 16.6 Å². The lowest BCUT2D eigenvalue weighted by molar-refractivity contribution is -0.126. The van der Waals surface area contributed by atoms with Crippen molar-refractivity contribution in [3.63, 3.8) is 0 Å². The standard InChI is InChI=1S/C21H24N2O3S2/c1-20(2,17-8-6-16(14-22)7-9-17)28(25,26)23-19(24)21(11-4-3-5-12-21)18-10-13-27-15-18/h6-10,13,15H,3-5,11-12H2,1-2H3,(H,23,24). The van der Waals surface area contributed by atoms with E-state index in [1.165, 1.54) is 11.3 Å². The van der Waals surface area contributed by atoms with Crippen LogP contribution in [0.1, 0.15) is 62.6 Å². The summed E-state index contributed by atoms with van der Waals surface area (Å²) in [4.78, 5) is 13.3. The molecule has 1 amide bonds. The van der Waals surface area contributed by atoms with Crippen LogP contribution in [-0.2, 0) is 25.0 Å². The fourth-order valence-corrected chi connectivity index (χ4v) is 5.68. The summed E-state index contributed by atoms with van der Waals surface area (Å²) < 4.78 is 27.4. The monoisotopic (exact) mass is 416 g/mol. The number of hydrogen-bond acceptors (Lipinski definition) is 5. The third-order valence-electron chi connectivity index (χ3n) is 5.82. The zero-order chi connectivity index (χ0) is 20.4. The maximum absolute atomic E-state index is 13.3. The molecule has 5 nitrogen and oxygen atoms in total. The minimum Gasteiger partial charge on any atom is -0.273 e. The normalized spacial score (nSPS) is 16.9. The number of carbonyl (C=O) groups excluding carboxylic acids is 1. The Morgan fingerprint density at radius 2 is 1.79 bits per heavy atom. The Bertz CT molecular complexity index is 979. The molecule has 0 aliphatic heterocycles. The third-order valence-corrected chi connectivity index (χ3v) is 8.54. The summed E-state index contributed by atoms with van der Waals surface area (Å²) in [6, 6.07) is 10.4. The van der Waals surface area contributed by atoms with Gasteiger partial charge in [0.1, 0.15) is 4.75 Å². The average Bonchev–Trinajstić information content (AvgIpc) is 3.23. The number of hydrogen-bond donors (Lipinski definition) is 1. The van der Waals surface area contributed by atoms with Crippen LogP contribution in [0, 0.1) is 11.3 Å². The van der Waals surface area contributed by atoms with E-state index in [2.05, 4.69) is 4.72 Å². The first-order chi connectivity index (χ1) is 13.2. The molecule has 0 radical (unpaired) electrons. The van der Waals surface area contributed by atoms with Crippen molar-refractivity contribution in [2.45, 2.75) is 56.1 Å². The zero-order valence-corrected chi connectivity index (χ0v) is 17.7. The average molecular weight is 417 g/mol. The second-order valence-electron chi connectivity index (χ2n) is 7.79. The highest BCUT2D eigenvalue weighted by molar-refractivity contribution is 7.91. The summed E-state index contributed by atoms with van der Waals surface area (Å²) in [5.74, 6) is -0.438. The van der Waals surface area contributed by atoms with Gasteiger partial charge in [0.15, 0.2) is 0 Å². The number of nitriles is 1. The molecule has 0 atom stereocenters. The molecule has 1 aromatic carbocycles. The Balaban J connectivity index is 1.91. The molecule has 0 unspecified atom stereocenters. The lowest BCUT2D eigenvalue weighted by Gasteiger charge is -2.36. The summed E-state index contributed by atoms with van der Waals surface area (Å²) in [5, 5.41) is 12.8. The van der Waals surface area contributed by atoms with E-state index in [9.17, 15) is 13.2 Å². The number of carbonyl (C=O) groups is 1. The van der Waals surface area contributed by atoms with Crippen LogP contribution in [0.15, 0.2) is 41.1 Å². The highest BCUT2D eigenvalue weighted by Gasteiger charge is 2.46. The van der Waals surface area contributed by atoms with Crippen molar-refractivity contribution in [1.29, 1.82) is 5.26 Å². The maximum atomic E-state index is 13.3. The fourth-order valence-electron chi connectivity index (χ4n) is 3.79. The summed E-state index contributed by atoms with van der Waals surface area (Å²) >= 11 is 1.52. The van der Waals surface area contributed by atoms with Crippen LogP contribution in [-0.4, -0.2) is 14.3 Å². The molecular formula is C21H24N2O3S2. The molecule has 1 N–H and O–H groups in total. The first-order valence-electron chi connectivity index (χ1n) is 9.33. The second kappa shape index (κ2) is 7.69. The van der Waals surface area contributed by atoms with Gasteiger partial charge in [-0.15, -0.1) is 0 Å². The number of nitrogens with zero attached hydrogens (tertiary/aromatic N) is 1. The summed E-state index contributed by atoms with van der Waals surface area (Å²) in [5.41, 5.74) is 1.10. The molecule has 28 heavy (non-hydrogen) atoms. The molecule has 1 heterocycles. The van der Waals surface area contributed by atoms with Gasteiger partial charge in [-0.1, -0.05) is 31.4 Å². The lowest BCUT2D eigenvalue weighted by Crippen LogP contribution is -2.51. The van der Waals surface area contributed by atoms with Crippen molar-refractivity contribution in [1.82, 2.24) is 4.72 Å². The molecule has 148 valence electrons. The van der Waals surface area contributed by atoms with Crippen molar-refractivity contribution in [2.75, 3.05) is 0 Å². The number of benzene rings is 1. The van der Waals surface area contributed by atoms with Gasteiger partial charge >= 0.3 is 0 Å². The van der Waals surface area contributed by atoms with Crippen molar-refractivity contribution >= 4 is 27.3 Å². The quantitative estimate of drug-likeness (QED) is 0.791. The SMILES string of the molecule is CC(C)(c1ccc(C#N)cc1)S(=O)(=O)NC(=O)C1(c2ccsc2)CCCCC1. The van der Waals surface area contributed by atoms with Crippen LogP contribution >= 0.6 is 11.3 Å². The van der Waals surface area contributed by atoms with Gasteiger partial charge in [0, 0.05) is 0 Å². The summed E-state index contributed by atoms with van der Waals surface area (Å²) in [6.45, 7) is 3.14. The van der Waals surface area contributed by atoms with Gasteiger partial charge < -0.3 is 0 Å². The van der Waals surface area contributed by atoms with E-state index in [1.807, 2.05) is 22.9 Å². The maximum Gasteiger partial charge on any atom is 0.244 e. The minimum absolute atomic E-state index is 0.438. The van der Waals surface area contributed by atoms with E-state index < -0.39 is 26.1 Å². The predicted molar refractivity (Wildman–Crippen MR) is 110 cm³/mol. The Morgan fingerprint density at radius 1 is 1.14 bits per heavy atom. The van der Waals surface area contributed by atoms with Gasteiger partial charge in [0.25, 0.3) is 0 Å². The van der Waals surface area contributed by atoms with Crippen molar-refractivity contribution in [2.24, 2.45) is 0 Å². The van der Waals surface area contributed by atoms with Crippen LogP contribution in [0.25, 0.3) is 0 Å². The molecule has 0 saturated heterocycles. The first kappa shape index (κ1) is 20.6. The van der Waals surface area contributed by atoms with E-state index in [0.717, 1.165) is 24.8 Å². The molecule has 7 heteroatoms. The number of rotatable bonds is 5. The first-order valence-corrected chi connectivity index (χ1v) is 11.8. The number of nitrogens with one attached hydrogen (secondary N) is 1. The van der Waals surface area contributed by atoms with Crippen LogP contribution < -0.4 is 4.72 Å². The van der Waals surface area contributed by atoms with Crippen molar-refractivity contribution in [3.05, 3.63) is 57.8 Å². The number of sulfonamides is 1. The van der Waals surface area contributed by atoms with Crippen molar-refractivity contribution < 1.29 is 13.2 Å². The van der Waals surface area contributed by atoms with Crippen LogP contribution in [0.4, 0.5) is 0 Å². The van der Waals surface area contributed by atoms with E-state index in [0.29, 0.717) is 24.0 Å². The van der Waals surface area contributed by atoms with Crippen LogP contribution in [0.2, 0.25) is 0 Å². The Labute approximate surface area is 170 Å². The molecule has 0 spiro atoms. The Morgan fingerprint density at radius 3 is 2.32 bits per heavy atom. The Hall–Kier alpha value is -2.17. The molecule has 1 saturated carbocycles. The largest absolute Gasteiger partial charge is 0.273 e. The van der Waals surface area contributed by atoms with Crippen LogP contribution in [0.5, 0.6) is 0 Å². The van der Waals surface area contributed by atoms with Crippen LogP contribution in [0.3, 0.4) is 0 Å². The minimum atomic E-state index is -3.99. The van der Waals surface area contributed by atoms with E-state index in [1.54, 1.807) is 38.1 Å². The molecule has 1 aliphatic rings. The van der Waals surface area contributed by atoms with E-state index in [4.69, 9.17) is 5.26 Å². The van der Waals surface area contributed by atoms with Gasteiger partial charge in [-0.25, -0.2) is 8.42 Å². The predicted octanol–water partition coefficient (Wildman–Crippen LogP) is 4.20. The third kappa shape index (κ3) is 3.59. The van der Waals surface area contributed by atoms with Gasteiger partial charge in [0.2, 0.25) is 15.9 Å². The lowest BCUT2D eigenvalue weighted by atomic mass is 9.70. The molecule has 0 bridgehead atoms. The zero-order valence-electron chi connectivity index (χ0n) is 16.1. The smallest absolute Gasteiger partial charge is 0.244 e. The number of amides is 1. The second-order valence-corrected chi connectivity index (χ2v) is 10.8. The molecule has 1 aromatic heterocycles. The van der Waals surface area contributed by atoms with E-state index >= 15 is 0 Å². The summed E-state index contributed by atoms with van der Waals surface area (Å²) in [6.07, 6.45) is 4.18. The molecule has 1 aliphatic carbocycles. The molecule has 2 aromatic rings.